The van der Waals surface area contributed by atoms with E-state index in [4.69, 9.17) is 4.74 Å². The Balaban J connectivity index is 1.74. The van der Waals surface area contributed by atoms with Crippen molar-refractivity contribution in [3.05, 3.63) is 64.0 Å². The number of hydrogen-bond donors (Lipinski definition) is 1. The van der Waals surface area contributed by atoms with E-state index in [0.29, 0.717) is 22.9 Å². The van der Waals surface area contributed by atoms with Crippen molar-refractivity contribution in [2.24, 2.45) is 0 Å². The smallest absolute Gasteiger partial charge is 0.284 e. The Hall–Kier alpha value is -2.45. The average Bonchev–Trinajstić information content (AvgIpc) is 3.15. The number of nitro groups is 1. The highest BCUT2D eigenvalue weighted by Crippen LogP contribution is 2.35. The molecule has 8 heteroatoms. The fourth-order valence-corrected chi connectivity index (χ4v) is 3.53. The Labute approximate surface area is 153 Å². The van der Waals surface area contributed by atoms with Crippen LogP contribution in [0.1, 0.15) is 23.2 Å². The van der Waals surface area contributed by atoms with Gasteiger partial charge < -0.3 is 10.1 Å². The molecule has 0 spiro atoms. The first-order valence-electron chi connectivity index (χ1n) is 8.14. The van der Waals surface area contributed by atoms with Crippen molar-refractivity contribution in [1.82, 2.24) is 5.32 Å². The van der Waals surface area contributed by atoms with Crippen molar-refractivity contribution in [2.45, 2.75) is 28.7 Å². The van der Waals surface area contributed by atoms with Crippen LogP contribution in [0.5, 0.6) is 0 Å². The molecule has 2 aromatic rings. The second-order valence-corrected chi connectivity index (χ2v) is 6.96. The minimum Gasteiger partial charge on any atom is -0.376 e. The molecule has 0 aliphatic carbocycles. The van der Waals surface area contributed by atoms with Gasteiger partial charge in [0.25, 0.3) is 11.6 Å². The maximum atomic E-state index is 13.0. The predicted octanol–water partition coefficient (Wildman–Crippen LogP) is 3.79. The molecule has 0 radical (unpaired) electrons. The standard InChI is InChI=1S/C18H17FN2O4S/c19-13-4-6-15(7-5-13)26-17-8-3-12(10-16(17)21(23)24)18(22)20-11-14-2-1-9-25-14/h3-8,10,14H,1-2,9,11H2,(H,20,22)/t14-/m1/s1. The minimum atomic E-state index is -0.525. The lowest BCUT2D eigenvalue weighted by Crippen LogP contribution is -2.31. The van der Waals surface area contributed by atoms with E-state index in [0.717, 1.165) is 24.6 Å². The number of rotatable bonds is 6. The van der Waals surface area contributed by atoms with Gasteiger partial charge in [-0.2, -0.15) is 0 Å². The SMILES string of the molecule is O=C(NC[C@H]1CCCO1)c1ccc(Sc2ccc(F)cc2)c([N+](=O)[O-])c1. The van der Waals surface area contributed by atoms with Crippen molar-refractivity contribution in [3.8, 4) is 0 Å². The van der Waals surface area contributed by atoms with E-state index in [-0.39, 0.29) is 29.1 Å². The lowest BCUT2D eigenvalue weighted by Gasteiger charge is -2.11. The highest BCUT2D eigenvalue weighted by molar-refractivity contribution is 7.99. The quantitative estimate of drug-likeness (QED) is 0.613. The summed E-state index contributed by atoms with van der Waals surface area (Å²) in [5, 5.41) is 14.1. The van der Waals surface area contributed by atoms with Gasteiger partial charge in [0.05, 0.1) is 15.9 Å². The third kappa shape index (κ3) is 4.59. The van der Waals surface area contributed by atoms with Crippen molar-refractivity contribution >= 4 is 23.4 Å². The molecule has 0 unspecified atom stereocenters. The first-order valence-corrected chi connectivity index (χ1v) is 8.96. The van der Waals surface area contributed by atoms with Crippen LogP contribution in [0.4, 0.5) is 10.1 Å². The Kier molecular flexibility index (Phi) is 5.85. The van der Waals surface area contributed by atoms with Gasteiger partial charge in [-0.05, 0) is 49.2 Å². The summed E-state index contributed by atoms with van der Waals surface area (Å²) in [6, 6.07) is 10.0. The number of nitrogens with zero attached hydrogens (tertiary/aromatic N) is 1. The van der Waals surface area contributed by atoms with Crippen molar-refractivity contribution in [1.29, 1.82) is 0 Å². The second-order valence-electron chi connectivity index (χ2n) is 5.84. The number of carbonyl (C=O) groups is 1. The number of nitro benzene ring substituents is 1. The number of carbonyl (C=O) groups excluding carboxylic acids is 1. The summed E-state index contributed by atoms with van der Waals surface area (Å²) in [5.74, 6) is -0.746. The molecule has 1 heterocycles. The van der Waals surface area contributed by atoms with Crippen LogP contribution in [0.3, 0.4) is 0 Å². The van der Waals surface area contributed by atoms with Gasteiger partial charge >= 0.3 is 0 Å². The van der Waals surface area contributed by atoms with Gasteiger partial charge in [0.15, 0.2) is 0 Å². The van der Waals surface area contributed by atoms with E-state index >= 15 is 0 Å². The largest absolute Gasteiger partial charge is 0.376 e. The molecule has 1 aliphatic heterocycles. The van der Waals surface area contributed by atoms with Crippen molar-refractivity contribution in [2.75, 3.05) is 13.2 Å². The molecular weight excluding hydrogens is 359 g/mol. The molecule has 0 bridgehead atoms. The van der Waals surface area contributed by atoms with Crippen LogP contribution in [0.25, 0.3) is 0 Å². The molecule has 1 amide bonds. The molecule has 6 nitrogen and oxygen atoms in total. The van der Waals surface area contributed by atoms with Gasteiger partial charge in [-0.25, -0.2) is 4.39 Å². The summed E-state index contributed by atoms with van der Waals surface area (Å²) in [6.07, 6.45) is 1.87. The predicted molar refractivity (Wildman–Crippen MR) is 94.9 cm³/mol. The molecule has 1 fully saturated rings. The lowest BCUT2D eigenvalue weighted by molar-refractivity contribution is -0.387. The highest BCUT2D eigenvalue weighted by Gasteiger charge is 2.20. The molecule has 1 saturated heterocycles. The second kappa shape index (κ2) is 8.29. The van der Waals surface area contributed by atoms with E-state index in [1.165, 1.54) is 24.3 Å². The van der Waals surface area contributed by atoms with E-state index in [2.05, 4.69) is 5.32 Å². The number of halogens is 1. The summed E-state index contributed by atoms with van der Waals surface area (Å²) < 4.78 is 18.4. The van der Waals surface area contributed by atoms with Crippen molar-refractivity contribution < 1.29 is 18.8 Å². The van der Waals surface area contributed by atoms with Gasteiger partial charge in [0, 0.05) is 29.7 Å². The molecule has 3 rings (SSSR count). The van der Waals surface area contributed by atoms with Crippen LogP contribution in [0.2, 0.25) is 0 Å². The summed E-state index contributed by atoms with van der Waals surface area (Å²) in [7, 11) is 0. The van der Waals surface area contributed by atoms with E-state index < -0.39 is 4.92 Å². The fourth-order valence-electron chi connectivity index (χ4n) is 2.63. The van der Waals surface area contributed by atoms with Crippen LogP contribution in [0.15, 0.2) is 52.3 Å². The number of ether oxygens (including phenoxy) is 1. The zero-order chi connectivity index (χ0) is 18.5. The summed E-state index contributed by atoms with van der Waals surface area (Å²) in [4.78, 5) is 24.2. The maximum Gasteiger partial charge on any atom is 0.284 e. The van der Waals surface area contributed by atoms with E-state index in [1.54, 1.807) is 18.2 Å². The van der Waals surface area contributed by atoms with Gasteiger partial charge in [-0.3, -0.25) is 14.9 Å². The highest BCUT2D eigenvalue weighted by atomic mass is 32.2. The zero-order valence-electron chi connectivity index (χ0n) is 13.8. The topological polar surface area (TPSA) is 81.5 Å². The first kappa shape index (κ1) is 18.3. The summed E-state index contributed by atoms with van der Waals surface area (Å²) in [5.41, 5.74) is 0.0576. The number of hydrogen-bond acceptors (Lipinski definition) is 5. The summed E-state index contributed by atoms with van der Waals surface area (Å²) in [6.45, 7) is 1.08. The van der Waals surface area contributed by atoms with Gasteiger partial charge in [0.1, 0.15) is 5.82 Å². The third-order valence-corrected chi connectivity index (χ3v) is 5.05. The monoisotopic (exact) mass is 376 g/mol. The molecule has 2 aromatic carbocycles. The molecular formula is C18H17FN2O4S. The van der Waals surface area contributed by atoms with Crippen LogP contribution in [0, 0.1) is 15.9 Å². The normalized spacial score (nSPS) is 16.4. The van der Waals surface area contributed by atoms with Crippen LogP contribution in [-0.4, -0.2) is 30.1 Å². The van der Waals surface area contributed by atoms with Gasteiger partial charge in [0.2, 0.25) is 0 Å². The van der Waals surface area contributed by atoms with Gasteiger partial charge in [-0.15, -0.1) is 0 Å². The first-order chi connectivity index (χ1) is 12.5. The molecule has 26 heavy (non-hydrogen) atoms. The number of benzene rings is 2. The maximum absolute atomic E-state index is 13.0. The number of nitrogens with one attached hydrogen (secondary N) is 1. The molecule has 0 aromatic heterocycles. The van der Waals surface area contributed by atoms with E-state index in [1.807, 2.05) is 0 Å². The number of amides is 1. The average molecular weight is 376 g/mol. The minimum absolute atomic E-state index is 0.00207. The van der Waals surface area contributed by atoms with Crippen LogP contribution in [-0.2, 0) is 4.74 Å². The summed E-state index contributed by atoms with van der Waals surface area (Å²) >= 11 is 1.15. The van der Waals surface area contributed by atoms with Crippen LogP contribution >= 0.6 is 11.8 Å². The molecule has 136 valence electrons. The lowest BCUT2D eigenvalue weighted by atomic mass is 10.2. The van der Waals surface area contributed by atoms with Crippen LogP contribution < -0.4 is 5.32 Å². The molecule has 1 atom stereocenters. The molecule has 1 N–H and O–H groups in total. The Morgan fingerprint density at radius 1 is 1.31 bits per heavy atom. The fraction of sp³-hybridized carbons (Fsp3) is 0.278. The van der Waals surface area contributed by atoms with E-state index in [9.17, 15) is 19.3 Å². The Bertz CT molecular complexity index is 807. The Morgan fingerprint density at radius 3 is 2.73 bits per heavy atom. The third-order valence-electron chi connectivity index (χ3n) is 3.97. The molecule has 0 saturated carbocycles. The zero-order valence-corrected chi connectivity index (χ0v) is 14.6. The van der Waals surface area contributed by atoms with Gasteiger partial charge in [-0.1, -0.05) is 11.8 Å². The van der Waals surface area contributed by atoms with Crippen molar-refractivity contribution in [3.63, 3.8) is 0 Å². The molecule has 1 aliphatic rings. The Morgan fingerprint density at radius 2 is 2.08 bits per heavy atom.